The molecule has 2 rings (SSSR count). The van der Waals surface area contributed by atoms with Crippen LogP contribution in [0.25, 0.3) is 0 Å². The molecule has 0 radical (unpaired) electrons. The Balaban J connectivity index is 2.43. The highest BCUT2D eigenvalue weighted by atomic mass is 19.4. The van der Waals surface area contributed by atoms with E-state index in [-0.39, 0.29) is 6.04 Å². The molecule has 1 aromatic rings. The highest BCUT2D eigenvalue weighted by molar-refractivity contribution is 5.62. The molecule has 2 N–H and O–H groups in total. The third-order valence-corrected chi connectivity index (χ3v) is 3.49. The molecule has 18 heavy (non-hydrogen) atoms. The molecule has 0 saturated heterocycles. The lowest BCUT2D eigenvalue weighted by molar-refractivity contribution is -0.138. The van der Waals surface area contributed by atoms with Crippen LogP contribution < -0.4 is 10.6 Å². The second-order valence-corrected chi connectivity index (χ2v) is 4.52. The summed E-state index contributed by atoms with van der Waals surface area (Å²) in [6.07, 6.45) is -3.11. The molecule has 1 atom stereocenters. The second kappa shape index (κ2) is 4.80. The van der Waals surface area contributed by atoms with Crippen LogP contribution in [0, 0.1) is 0 Å². The van der Waals surface area contributed by atoms with Gasteiger partial charge in [-0.25, -0.2) is 0 Å². The second-order valence-electron chi connectivity index (χ2n) is 4.52. The molecule has 0 amide bonds. The summed E-state index contributed by atoms with van der Waals surface area (Å²) in [6.45, 7) is 3.16. The van der Waals surface area contributed by atoms with Gasteiger partial charge in [0.05, 0.1) is 5.56 Å². The topological polar surface area (TPSA) is 29.3 Å². The molecule has 1 aliphatic heterocycles. The molecule has 0 aliphatic carbocycles. The van der Waals surface area contributed by atoms with Crippen molar-refractivity contribution in [3.63, 3.8) is 0 Å². The number of hydrogen-bond donors (Lipinski definition) is 1. The SMILES string of the molecule is CCN1c2cccc(C(F)(F)F)c2CC1CCN. The Kier molecular flexibility index (Phi) is 3.52. The summed E-state index contributed by atoms with van der Waals surface area (Å²) in [5.74, 6) is 0. The summed E-state index contributed by atoms with van der Waals surface area (Å²) in [5, 5.41) is 0. The normalized spacial score (nSPS) is 19.2. The first-order valence-corrected chi connectivity index (χ1v) is 6.14. The van der Waals surface area contributed by atoms with E-state index < -0.39 is 11.7 Å². The maximum Gasteiger partial charge on any atom is 0.416 e. The Bertz CT molecular complexity index is 429. The smallest absolute Gasteiger partial charge is 0.368 e. The Labute approximate surface area is 105 Å². The standard InChI is InChI=1S/C13H17F3N2/c1-2-18-9(6-7-17)8-10-11(13(14,15)16)4-3-5-12(10)18/h3-5,9H,2,6-8,17H2,1H3. The Morgan fingerprint density at radius 1 is 1.39 bits per heavy atom. The van der Waals surface area contributed by atoms with Crippen molar-refractivity contribution in [2.24, 2.45) is 5.73 Å². The highest BCUT2D eigenvalue weighted by Gasteiger charge is 2.38. The molecule has 1 unspecified atom stereocenters. The fourth-order valence-electron chi connectivity index (χ4n) is 2.75. The molecule has 2 nitrogen and oxygen atoms in total. The van der Waals surface area contributed by atoms with E-state index in [9.17, 15) is 13.2 Å². The van der Waals surface area contributed by atoms with Gasteiger partial charge in [-0.05, 0) is 44.0 Å². The van der Waals surface area contributed by atoms with Crippen molar-refractivity contribution in [1.29, 1.82) is 0 Å². The van der Waals surface area contributed by atoms with Crippen LogP contribution in [0.4, 0.5) is 18.9 Å². The van der Waals surface area contributed by atoms with Gasteiger partial charge in [-0.3, -0.25) is 0 Å². The van der Waals surface area contributed by atoms with Crippen molar-refractivity contribution in [2.45, 2.75) is 32.0 Å². The minimum absolute atomic E-state index is 0.0958. The van der Waals surface area contributed by atoms with Crippen molar-refractivity contribution < 1.29 is 13.2 Å². The van der Waals surface area contributed by atoms with Crippen LogP contribution in [-0.2, 0) is 12.6 Å². The average molecular weight is 258 g/mol. The highest BCUT2D eigenvalue weighted by Crippen LogP contribution is 2.41. The number of benzene rings is 1. The Hall–Kier alpha value is -1.23. The van der Waals surface area contributed by atoms with Crippen molar-refractivity contribution >= 4 is 5.69 Å². The van der Waals surface area contributed by atoms with Gasteiger partial charge in [0.25, 0.3) is 0 Å². The predicted octanol–water partition coefficient (Wildman–Crippen LogP) is 2.81. The number of alkyl halides is 3. The molecule has 0 spiro atoms. The number of likely N-dealkylation sites (N-methyl/N-ethyl adjacent to an activating group) is 1. The molecule has 100 valence electrons. The zero-order valence-electron chi connectivity index (χ0n) is 10.3. The summed E-state index contributed by atoms with van der Waals surface area (Å²) < 4.78 is 38.8. The Morgan fingerprint density at radius 3 is 2.67 bits per heavy atom. The summed E-state index contributed by atoms with van der Waals surface area (Å²) >= 11 is 0. The van der Waals surface area contributed by atoms with E-state index in [4.69, 9.17) is 5.73 Å². The summed E-state index contributed by atoms with van der Waals surface area (Å²) in [5.41, 5.74) is 6.17. The minimum Gasteiger partial charge on any atom is -0.368 e. The molecule has 1 aliphatic rings. The average Bonchev–Trinajstić information content (AvgIpc) is 2.65. The molecule has 0 fully saturated rings. The van der Waals surface area contributed by atoms with Crippen LogP contribution in [0.1, 0.15) is 24.5 Å². The van der Waals surface area contributed by atoms with Gasteiger partial charge in [0, 0.05) is 18.3 Å². The van der Waals surface area contributed by atoms with Crippen LogP contribution in [0.5, 0.6) is 0 Å². The lowest BCUT2D eigenvalue weighted by Gasteiger charge is -2.25. The predicted molar refractivity (Wildman–Crippen MR) is 65.6 cm³/mol. The molecule has 0 saturated carbocycles. The first-order valence-electron chi connectivity index (χ1n) is 6.14. The number of hydrogen-bond acceptors (Lipinski definition) is 2. The van der Waals surface area contributed by atoms with E-state index in [0.717, 1.165) is 12.5 Å². The first kappa shape index (κ1) is 13.2. The van der Waals surface area contributed by atoms with Crippen molar-refractivity contribution in [3.05, 3.63) is 29.3 Å². The van der Waals surface area contributed by atoms with E-state index in [1.807, 2.05) is 11.8 Å². The van der Waals surface area contributed by atoms with Gasteiger partial charge in [0.2, 0.25) is 0 Å². The van der Waals surface area contributed by atoms with Gasteiger partial charge >= 0.3 is 6.18 Å². The van der Waals surface area contributed by atoms with E-state index in [1.165, 1.54) is 6.07 Å². The van der Waals surface area contributed by atoms with Crippen LogP contribution in [-0.4, -0.2) is 19.1 Å². The van der Waals surface area contributed by atoms with Crippen LogP contribution in [0.2, 0.25) is 0 Å². The van der Waals surface area contributed by atoms with Crippen molar-refractivity contribution in [1.82, 2.24) is 0 Å². The summed E-state index contributed by atoms with van der Waals surface area (Å²) in [6, 6.07) is 4.51. The van der Waals surface area contributed by atoms with Crippen LogP contribution >= 0.6 is 0 Å². The zero-order valence-corrected chi connectivity index (χ0v) is 10.3. The molecule has 1 heterocycles. The lowest BCUT2D eigenvalue weighted by Crippen LogP contribution is -2.33. The van der Waals surface area contributed by atoms with Gasteiger partial charge in [-0.2, -0.15) is 13.2 Å². The van der Waals surface area contributed by atoms with E-state index in [2.05, 4.69) is 0 Å². The van der Waals surface area contributed by atoms with Gasteiger partial charge in [-0.15, -0.1) is 0 Å². The largest absolute Gasteiger partial charge is 0.416 e. The number of halogens is 3. The molecule has 1 aromatic carbocycles. The number of nitrogens with zero attached hydrogens (tertiary/aromatic N) is 1. The molecule has 5 heteroatoms. The zero-order chi connectivity index (χ0) is 13.3. The molecule has 0 aromatic heterocycles. The van der Waals surface area contributed by atoms with Gasteiger partial charge in [0.15, 0.2) is 0 Å². The Morgan fingerprint density at radius 2 is 2.11 bits per heavy atom. The third-order valence-electron chi connectivity index (χ3n) is 3.49. The van der Waals surface area contributed by atoms with Crippen molar-refractivity contribution in [2.75, 3.05) is 18.0 Å². The fraction of sp³-hybridized carbons (Fsp3) is 0.538. The maximum atomic E-state index is 12.9. The van der Waals surface area contributed by atoms with E-state index >= 15 is 0 Å². The van der Waals surface area contributed by atoms with E-state index in [0.29, 0.717) is 30.8 Å². The quantitative estimate of drug-likeness (QED) is 0.903. The molecule has 0 bridgehead atoms. The summed E-state index contributed by atoms with van der Waals surface area (Å²) in [4.78, 5) is 2.03. The third kappa shape index (κ3) is 2.19. The van der Waals surface area contributed by atoms with Gasteiger partial charge in [-0.1, -0.05) is 6.07 Å². The minimum atomic E-state index is -4.28. The van der Waals surface area contributed by atoms with Gasteiger partial charge in [0.1, 0.15) is 0 Å². The number of rotatable bonds is 3. The van der Waals surface area contributed by atoms with Gasteiger partial charge < -0.3 is 10.6 Å². The first-order chi connectivity index (χ1) is 8.49. The molecular formula is C13H17F3N2. The number of anilines is 1. The maximum absolute atomic E-state index is 12.9. The monoisotopic (exact) mass is 258 g/mol. The fourth-order valence-corrected chi connectivity index (χ4v) is 2.75. The number of nitrogens with two attached hydrogens (primary N) is 1. The lowest BCUT2D eigenvalue weighted by atomic mass is 10.0. The number of fused-ring (bicyclic) bond motifs is 1. The molecular weight excluding hydrogens is 241 g/mol. The van der Waals surface area contributed by atoms with Crippen molar-refractivity contribution in [3.8, 4) is 0 Å². The van der Waals surface area contributed by atoms with Crippen LogP contribution in [0.15, 0.2) is 18.2 Å². The summed E-state index contributed by atoms with van der Waals surface area (Å²) in [7, 11) is 0. The van der Waals surface area contributed by atoms with E-state index in [1.54, 1.807) is 6.07 Å². The van der Waals surface area contributed by atoms with Crippen LogP contribution in [0.3, 0.4) is 0 Å².